The van der Waals surface area contributed by atoms with Crippen molar-refractivity contribution in [3.05, 3.63) is 46.1 Å². The van der Waals surface area contributed by atoms with Crippen LogP contribution >= 0.6 is 13.9 Å². The molecule has 0 heterocycles. The second kappa shape index (κ2) is 22.4. The molecule has 0 bridgehead atoms. The van der Waals surface area contributed by atoms with Crippen LogP contribution in [0.2, 0.25) is 0 Å². The summed E-state index contributed by atoms with van der Waals surface area (Å²) >= 11 is 0. The summed E-state index contributed by atoms with van der Waals surface area (Å²) < 4.78 is 0. The molecule has 2 heteroatoms. The maximum atomic E-state index is 2.92. The minimum atomic E-state index is -2.87. The molecule has 0 spiro atoms. The van der Waals surface area contributed by atoms with Gasteiger partial charge in [0.1, 0.15) is 0 Å². The topological polar surface area (TPSA) is 0 Å². The Morgan fingerprint density at radius 1 is 0.310 bits per heavy atom. The molecule has 1 unspecified atom stereocenters. The zero-order valence-corrected chi connectivity index (χ0v) is 40.2. The van der Waals surface area contributed by atoms with E-state index in [9.17, 15) is 0 Å². The van der Waals surface area contributed by atoms with Gasteiger partial charge in [-0.1, -0.05) is 0 Å². The first-order chi connectivity index (χ1) is 28.8. The van der Waals surface area contributed by atoms with Gasteiger partial charge in [-0.2, -0.15) is 0 Å². The van der Waals surface area contributed by atoms with Crippen molar-refractivity contribution in [2.24, 2.45) is 11.8 Å². The third-order valence-corrected chi connectivity index (χ3v) is 37.7. The van der Waals surface area contributed by atoms with E-state index in [-0.39, 0.29) is 7.61 Å². The van der Waals surface area contributed by atoms with E-state index in [4.69, 9.17) is 0 Å². The van der Waals surface area contributed by atoms with Crippen molar-refractivity contribution in [2.75, 3.05) is 0 Å². The van der Waals surface area contributed by atoms with Gasteiger partial charge in [0.25, 0.3) is 0 Å². The van der Waals surface area contributed by atoms with Crippen LogP contribution in [0.1, 0.15) is 270 Å². The van der Waals surface area contributed by atoms with Crippen LogP contribution < -0.4 is 0 Å². The Balaban J connectivity index is 1.50. The average molecular weight is 829 g/mol. The SMILES string of the molecule is C1=CC(C2CCCCC2)=C(P(C2=C(C3CCCC3)C=CC2)(C2CCCCCCCCCC2)(C2CCCCCC2)P(C2CCCCCCCCC2)C2CCCCCC2)C1. The van der Waals surface area contributed by atoms with Gasteiger partial charge >= 0.3 is 364 Å². The molecule has 0 radical (unpaired) electrons. The summed E-state index contributed by atoms with van der Waals surface area (Å²) in [5.41, 5.74) is 8.14. The van der Waals surface area contributed by atoms with Gasteiger partial charge in [-0.05, 0) is 0 Å². The van der Waals surface area contributed by atoms with Gasteiger partial charge in [-0.3, -0.25) is 0 Å². The Morgan fingerprint density at radius 2 is 0.569 bits per heavy atom. The molecule has 0 N–H and O–H groups in total. The molecule has 0 aromatic heterocycles. The van der Waals surface area contributed by atoms with E-state index >= 15 is 0 Å². The molecule has 0 aliphatic heterocycles. The molecule has 1 atom stereocenters. The van der Waals surface area contributed by atoms with Gasteiger partial charge < -0.3 is 0 Å². The van der Waals surface area contributed by atoms with Crippen LogP contribution in [0, 0.1) is 11.8 Å². The summed E-state index contributed by atoms with van der Waals surface area (Å²) in [6.07, 6.45) is 73.0. The molecule has 0 aromatic carbocycles. The predicted octanol–water partition coefficient (Wildman–Crippen LogP) is 19.8. The molecule has 0 amide bonds. The first-order valence-electron chi connectivity index (χ1n) is 27.4. The summed E-state index contributed by atoms with van der Waals surface area (Å²) in [7, 11) is -0.171. The van der Waals surface area contributed by atoms with E-state index in [1.165, 1.54) is 167 Å². The van der Waals surface area contributed by atoms with Crippen molar-refractivity contribution in [3.63, 3.8) is 0 Å². The van der Waals surface area contributed by atoms with Crippen LogP contribution in [0.4, 0.5) is 0 Å². The Kier molecular flexibility index (Phi) is 17.2. The fourth-order valence-electron chi connectivity index (χ4n) is 16.2. The van der Waals surface area contributed by atoms with Crippen molar-refractivity contribution >= 4 is 13.9 Å². The number of allylic oxidation sites excluding steroid dienone is 8. The van der Waals surface area contributed by atoms with Crippen LogP contribution in [-0.4, -0.2) is 22.6 Å². The molecule has 6 fully saturated rings. The van der Waals surface area contributed by atoms with Crippen LogP contribution in [0.3, 0.4) is 0 Å². The number of hydrogen-bond donors (Lipinski definition) is 0. The summed E-state index contributed by atoms with van der Waals surface area (Å²) in [5.74, 6) is 1.73. The molecular formula is C56H94P2. The Hall–Kier alpha value is -0.180. The quantitative estimate of drug-likeness (QED) is 0.160. The zero-order valence-electron chi connectivity index (χ0n) is 38.4. The zero-order chi connectivity index (χ0) is 39.3. The molecule has 0 aromatic rings. The van der Waals surface area contributed by atoms with Gasteiger partial charge in [0.15, 0.2) is 0 Å². The van der Waals surface area contributed by atoms with Gasteiger partial charge in [0.2, 0.25) is 0 Å². The molecule has 0 saturated heterocycles. The summed E-state index contributed by atoms with van der Waals surface area (Å²) in [4.78, 5) is 0. The summed E-state index contributed by atoms with van der Waals surface area (Å²) in [6.45, 7) is 0. The van der Waals surface area contributed by atoms with Crippen molar-refractivity contribution in [2.45, 2.75) is 292 Å². The van der Waals surface area contributed by atoms with Gasteiger partial charge in [-0.15, -0.1) is 0 Å². The molecule has 58 heavy (non-hydrogen) atoms. The van der Waals surface area contributed by atoms with Crippen LogP contribution in [0.5, 0.6) is 0 Å². The summed E-state index contributed by atoms with van der Waals surface area (Å²) in [6, 6.07) is 0. The van der Waals surface area contributed by atoms with Crippen molar-refractivity contribution in [3.8, 4) is 0 Å². The second-order valence-electron chi connectivity index (χ2n) is 22.0. The molecule has 8 aliphatic carbocycles. The Bertz CT molecular complexity index is 1350. The monoisotopic (exact) mass is 829 g/mol. The molecule has 0 nitrogen and oxygen atoms in total. The van der Waals surface area contributed by atoms with Crippen molar-refractivity contribution in [1.82, 2.24) is 0 Å². The van der Waals surface area contributed by atoms with Crippen molar-refractivity contribution < 1.29 is 0 Å². The van der Waals surface area contributed by atoms with Crippen molar-refractivity contribution in [1.29, 1.82) is 0 Å². The third-order valence-electron chi connectivity index (χ3n) is 18.6. The minimum absolute atomic E-state index is 0.171. The van der Waals surface area contributed by atoms with Crippen LogP contribution in [0.25, 0.3) is 0 Å². The Labute approximate surface area is 362 Å². The van der Waals surface area contributed by atoms with Gasteiger partial charge in [-0.25, -0.2) is 0 Å². The first kappa shape index (κ1) is 44.4. The number of rotatable bonds is 9. The van der Waals surface area contributed by atoms with E-state index in [2.05, 4.69) is 46.1 Å². The Morgan fingerprint density at radius 3 is 0.914 bits per heavy atom. The van der Waals surface area contributed by atoms with E-state index in [0.717, 1.165) is 34.5 Å². The van der Waals surface area contributed by atoms with E-state index in [1.807, 2.05) is 0 Å². The molecule has 328 valence electrons. The second-order valence-corrected chi connectivity index (χ2v) is 33.1. The maximum absolute atomic E-state index is 2.92. The fraction of sp³-hybridized carbons (Fsp3) is 0.857. The summed E-state index contributed by atoms with van der Waals surface area (Å²) in [5, 5.41) is 4.65. The standard InChI is InChI=1S/C56H94P2/c1-2-7-11-24-40-51(39-23-10-6-1)58(52-41-25-14-15-26-42-52,56-46-30-44-54(56)48-33-27-28-34-48,55-45-29-43-53(55)47-31-17-16-18-32-47)57(50-37-21-12-13-22-38-50)49-35-19-8-4-3-5-9-20-36-49/h29-30,43-44,47-52H,1-28,31-42,45-46H2. The normalized spacial score (nSPS) is 29.2. The predicted molar refractivity (Wildman–Crippen MR) is 262 cm³/mol. The average Bonchev–Trinajstić information content (AvgIpc) is 3.99. The fourth-order valence-corrected chi connectivity index (χ4v) is 41.5. The third kappa shape index (κ3) is 9.37. The van der Waals surface area contributed by atoms with Gasteiger partial charge in [0.05, 0.1) is 0 Å². The first-order valence-corrected chi connectivity index (χ1v) is 32.0. The molecule has 6 saturated carbocycles. The van der Waals surface area contributed by atoms with Crippen LogP contribution in [0.15, 0.2) is 46.1 Å². The molecular weight excluding hydrogens is 735 g/mol. The van der Waals surface area contributed by atoms with Gasteiger partial charge in [0, 0.05) is 0 Å². The number of hydrogen-bond acceptors (Lipinski definition) is 0. The van der Waals surface area contributed by atoms with E-state index in [1.54, 1.807) is 103 Å². The van der Waals surface area contributed by atoms with Crippen LogP contribution in [-0.2, 0) is 0 Å². The van der Waals surface area contributed by atoms with E-state index in [0.29, 0.717) is 0 Å². The van der Waals surface area contributed by atoms with E-state index < -0.39 is 6.29 Å². The molecule has 8 aliphatic rings. The molecule has 8 rings (SSSR count).